The molecule has 0 bridgehead atoms. The molecule has 1 fully saturated rings. The van der Waals surface area contributed by atoms with Crippen molar-refractivity contribution in [1.29, 1.82) is 0 Å². The zero-order valence-electron chi connectivity index (χ0n) is 7.88. The third-order valence-corrected chi connectivity index (χ3v) is 2.15. The van der Waals surface area contributed by atoms with Crippen LogP contribution in [0.15, 0.2) is 0 Å². The van der Waals surface area contributed by atoms with E-state index in [0.29, 0.717) is 0 Å². The smallest absolute Gasteiger partial charge is 0.217 e. The molecule has 0 radical (unpaired) electrons. The van der Waals surface area contributed by atoms with Crippen LogP contribution in [-0.4, -0.2) is 52.4 Å². The van der Waals surface area contributed by atoms with Crippen LogP contribution < -0.4 is 5.32 Å². The fourth-order valence-corrected chi connectivity index (χ4v) is 1.45. The highest BCUT2D eigenvalue weighted by Gasteiger charge is 2.36. The number of carbonyl (C=O) groups excluding carboxylic acids is 1. The molecule has 0 aromatic carbocycles. The number of aliphatic hydroxyl groups excluding tert-OH is 3. The fraction of sp³-hybridized carbons (Fsp3) is 0.875. The van der Waals surface area contributed by atoms with Gasteiger partial charge in [0.15, 0.2) is 6.29 Å². The highest BCUT2D eigenvalue weighted by atomic mass is 16.6. The number of rotatable bonds is 2. The third-order valence-electron chi connectivity index (χ3n) is 2.15. The SMILES string of the molecule is CC(=O)N[C@@H]1C[C@@H](O)[C@@H](CO)O[C@H]1O. The Labute approximate surface area is 81.5 Å². The van der Waals surface area contributed by atoms with Crippen molar-refractivity contribution < 1.29 is 24.9 Å². The Morgan fingerprint density at radius 1 is 1.57 bits per heavy atom. The van der Waals surface area contributed by atoms with E-state index in [-0.39, 0.29) is 18.9 Å². The van der Waals surface area contributed by atoms with Gasteiger partial charge in [0.25, 0.3) is 0 Å². The Morgan fingerprint density at radius 2 is 2.21 bits per heavy atom. The average molecular weight is 205 g/mol. The number of aliphatic hydroxyl groups is 3. The van der Waals surface area contributed by atoms with Gasteiger partial charge >= 0.3 is 0 Å². The summed E-state index contributed by atoms with van der Waals surface area (Å²) in [5, 5.41) is 30.0. The Morgan fingerprint density at radius 3 is 2.71 bits per heavy atom. The molecule has 1 aliphatic rings. The molecule has 1 rings (SSSR count). The van der Waals surface area contributed by atoms with E-state index in [2.05, 4.69) is 5.32 Å². The van der Waals surface area contributed by atoms with Gasteiger partial charge in [0.1, 0.15) is 6.10 Å². The Balaban J connectivity index is 2.52. The first kappa shape index (κ1) is 11.4. The topological polar surface area (TPSA) is 99.0 Å². The molecule has 1 saturated heterocycles. The van der Waals surface area contributed by atoms with Gasteiger partial charge in [0.2, 0.25) is 5.91 Å². The monoisotopic (exact) mass is 205 g/mol. The molecule has 1 heterocycles. The molecule has 1 amide bonds. The van der Waals surface area contributed by atoms with E-state index in [1.54, 1.807) is 0 Å². The predicted molar refractivity (Wildman–Crippen MR) is 46.2 cm³/mol. The number of amides is 1. The second-order valence-electron chi connectivity index (χ2n) is 3.36. The molecular formula is C8H15NO5. The molecule has 0 saturated carbocycles. The molecule has 0 aromatic heterocycles. The van der Waals surface area contributed by atoms with E-state index in [1.807, 2.05) is 0 Å². The van der Waals surface area contributed by atoms with Crippen LogP contribution in [0.1, 0.15) is 13.3 Å². The van der Waals surface area contributed by atoms with Gasteiger partial charge < -0.3 is 25.4 Å². The fourth-order valence-electron chi connectivity index (χ4n) is 1.45. The van der Waals surface area contributed by atoms with Crippen LogP contribution in [-0.2, 0) is 9.53 Å². The lowest BCUT2D eigenvalue weighted by Gasteiger charge is -2.36. The molecule has 82 valence electrons. The van der Waals surface area contributed by atoms with Gasteiger partial charge in [-0.15, -0.1) is 0 Å². The van der Waals surface area contributed by atoms with Crippen LogP contribution in [0.2, 0.25) is 0 Å². The first-order chi connectivity index (χ1) is 6.54. The van der Waals surface area contributed by atoms with Crippen LogP contribution in [0.5, 0.6) is 0 Å². The van der Waals surface area contributed by atoms with Crippen molar-refractivity contribution in [3.63, 3.8) is 0 Å². The lowest BCUT2D eigenvalue weighted by atomic mass is 10.0. The van der Waals surface area contributed by atoms with Crippen molar-refractivity contribution in [1.82, 2.24) is 5.32 Å². The van der Waals surface area contributed by atoms with E-state index >= 15 is 0 Å². The van der Waals surface area contributed by atoms with Crippen LogP contribution in [0, 0.1) is 0 Å². The van der Waals surface area contributed by atoms with Crippen molar-refractivity contribution in [2.24, 2.45) is 0 Å². The summed E-state index contributed by atoms with van der Waals surface area (Å²) < 4.78 is 4.90. The molecule has 4 atom stereocenters. The summed E-state index contributed by atoms with van der Waals surface area (Å²) in [6, 6.07) is -0.620. The van der Waals surface area contributed by atoms with E-state index < -0.39 is 24.5 Å². The van der Waals surface area contributed by atoms with Gasteiger partial charge in [0.05, 0.1) is 18.8 Å². The molecule has 0 spiro atoms. The average Bonchev–Trinajstić information content (AvgIpc) is 2.10. The maximum absolute atomic E-state index is 10.7. The Bertz CT molecular complexity index is 210. The summed E-state index contributed by atoms with van der Waals surface area (Å²) in [4.78, 5) is 10.7. The van der Waals surface area contributed by atoms with Crippen LogP contribution in [0.3, 0.4) is 0 Å². The number of hydrogen-bond donors (Lipinski definition) is 4. The minimum atomic E-state index is -1.18. The van der Waals surface area contributed by atoms with Crippen molar-refractivity contribution in [2.75, 3.05) is 6.61 Å². The summed E-state index contributed by atoms with van der Waals surface area (Å²) in [5.41, 5.74) is 0. The van der Waals surface area contributed by atoms with Crippen molar-refractivity contribution in [3.8, 4) is 0 Å². The Kier molecular flexibility index (Phi) is 3.82. The van der Waals surface area contributed by atoms with Gasteiger partial charge in [-0.1, -0.05) is 0 Å². The predicted octanol–water partition coefficient (Wildman–Crippen LogP) is -2.05. The van der Waals surface area contributed by atoms with E-state index in [1.165, 1.54) is 6.92 Å². The first-order valence-electron chi connectivity index (χ1n) is 4.44. The van der Waals surface area contributed by atoms with Crippen LogP contribution in [0.4, 0.5) is 0 Å². The third kappa shape index (κ3) is 2.65. The molecule has 6 nitrogen and oxygen atoms in total. The number of ether oxygens (including phenoxy) is 1. The highest BCUT2D eigenvalue weighted by molar-refractivity contribution is 5.73. The maximum Gasteiger partial charge on any atom is 0.217 e. The lowest BCUT2D eigenvalue weighted by molar-refractivity contribution is -0.221. The summed E-state index contributed by atoms with van der Waals surface area (Å²) >= 11 is 0. The number of hydrogen-bond acceptors (Lipinski definition) is 5. The molecule has 14 heavy (non-hydrogen) atoms. The zero-order chi connectivity index (χ0) is 10.7. The normalized spacial score (nSPS) is 38.0. The molecule has 0 aromatic rings. The van der Waals surface area contributed by atoms with Gasteiger partial charge in [-0.3, -0.25) is 4.79 Å². The van der Waals surface area contributed by atoms with Gasteiger partial charge in [-0.2, -0.15) is 0 Å². The molecular weight excluding hydrogens is 190 g/mol. The van der Waals surface area contributed by atoms with Gasteiger partial charge in [0, 0.05) is 13.3 Å². The van der Waals surface area contributed by atoms with Crippen LogP contribution >= 0.6 is 0 Å². The zero-order valence-corrected chi connectivity index (χ0v) is 7.88. The quantitative estimate of drug-likeness (QED) is 0.416. The highest BCUT2D eigenvalue weighted by Crippen LogP contribution is 2.18. The van der Waals surface area contributed by atoms with Gasteiger partial charge in [-0.25, -0.2) is 0 Å². The minimum absolute atomic E-state index is 0.173. The number of carbonyl (C=O) groups is 1. The minimum Gasteiger partial charge on any atom is -0.394 e. The largest absolute Gasteiger partial charge is 0.394 e. The molecule has 0 unspecified atom stereocenters. The Hall–Kier alpha value is -0.690. The summed E-state index contributed by atoms with van der Waals surface area (Å²) in [7, 11) is 0. The lowest BCUT2D eigenvalue weighted by Crippen LogP contribution is -2.55. The molecule has 0 aliphatic carbocycles. The molecule has 1 aliphatic heterocycles. The molecule has 4 N–H and O–H groups in total. The summed E-state index contributed by atoms with van der Waals surface area (Å²) in [6.45, 7) is 0.961. The van der Waals surface area contributed by atoms with Crippen molar-refractivity contribution in [2.45, 2.75) is 37.9 Å². The van der Waals surface area contributed by atoms with E-state index in [0.717, 1.165) is 0 Å². The summed E-state index contributed by atoms with van der Waals surface area (Å²) in [5.74, 6) is -0.299. The second-order valence-corrected chi connectivity index (χ2v) is 3.36. The number of nitrogens with one attached hydrogen (secondary N) is 1. The molecule has 6 heteroatoms. The standard InChI is InChI=1S/C8H15NO5/c1-4(11)9-5-2-6(12)7(3-10)14-8(5)13/h5-8,10,12-13H,2-3H2,1H3,(H,9,11)/t5-,6-,7-,8-/m1/s1. The van der Waals surface area contributed by atoms with Crippen LogP contribution in [0.25, 0.3) is 0 Å². The van der Waals surface area contributed by atoms with Gasteiger partial charge in [-0.05, 0) is 0 Å². The van der Waals surface area contributed by atoms with Crippen molar-refractivity contribution >= 4 is 5.91 Å². The maximum atomic E-state index is 10.7. The van der Waals surface area contributed by atoms with Crippen molar-refractivity contribution in [3.05, 3.63) is 0 Å². The second kappa shape index (κ2) is 4.70. The first-order valence-corrected chi connectivity index (χ1v) is 4.44. The summed E-state index contributed by atoms with van der Waals surface area (Å²) in [6.07, 6.45) is -2.67. The van der Waals surface area contributed by atoms with E-state index in [9.17, 15) is 15.0 Å². The van der Waals surface area contributed by atoms with E-state index in [4.69, 9.17) is 9.84 Å².